The molecule has 2 aromatic rings. The number of para-hydroxylation sites is 2. The van der Waals surface area contributed by atoms with Crippen LogP contribution in [0.25, 0.3) is 0 Å². The molecule has 11 heteroatoms. The Bertz CT molecular complexity index is 1260. The van der Waals surface area contributed by atoms with Gasteiger partial charge >= 0.3 is 0 Å². The monoisotopic (exact) mass is 510 g/mol. The van der Waals surface area contributed by atoms with Gasteiger partial charge in [0.15, 0.2) is 0 Å². The number of aliphatic hydroxyl groups excluding tert-OH is 1. The van der Waals surface area contributed by atoms with Gasteiger partial charge in [-0.25, -0.2) is 0 Å². The molecule has 0 bridgehead atoms. The fourth-order valence-electron chi connectivity index (χ4n) is 4.33. The van der Waals surface area contributed by atoms with Crippen molar-refractivity contribution in [2.24, 2.45) is 11.8 Å². The lowest BCUT2D eigenvalue weighted by Crippen LogP contribution is -2.30. The fourth-order valence-corrected chi connectivity index (χ4v) is 6.76. The van der Waals surface area contributed by atoms with Crippen LogP contribution in [0.3, 0.4) is 0 Å². The van der Waals surface area contributed by atoms with Crippen molar-refractivity contribution in [2.75, 3.05) is 36.9 Å². The predicted octanol–water partition coefficient (Wildman–Crippen LogP) is 2.37. The van der Waals surface area contributed by atoms with Crippen LogP contribution in [0, 0.1) is 11.8 Å². The maximum Gasteiger partial charge on any atom is 0.299 e. The molecule has 34 heavy (non-hydrogen) atoms. The highest BCUT2D eigenvalue weighted by atomic mass is 32.2. The maximum atomic E-state index is 13.0. The number of hydrogen-bond donors (Lipinski definition) is 3. The van der Waals surface area contributed by atoms with Crippen molar-refractivity contribution in [3.8, 4) is 0 Å². The molecule has 0 aromatic heterocycles. The van der Waals surface area contributed by atoms with Crippen LogP contribution in [0.2, 0.25) is 0 Å². The van der Waals surface area contributed by atoms with Crippen molar-refractivity contribution in [1.82, 2.24) is 0 Å². The number of hydrogen-bond acceptors (Lipinski definition) is 9. The first-order chi connectivity index (χ1) is 16.1. The highest BCUT2D eigenvalue weighted by Crippen LogP contribution is 2.34. The SMILES string of the molecule is CC1CNc2c(cccc2S(=O)(=O)OCC(CO)OS(=O)(=O)c2cccc3c2NCC(C)C3)C1. The van der Waals surface area contributed by atoms with E-state index in [1.54, 1.807) is 12.1 Å². The molecular formula is C23H30N2O7S2. The summed E-state index contributed by atoms with van der Waals surface area (Å²) in [4.78, 5) is -0.0689. The van der Waals surface area contributed by atoms with Gasteiger partial charge in [0, 0.05) is 13.1 Å². The van der Waals surface area contributed by atoms with Gasteiger partial charge in [0.25, 0.3) is 20.2 Å². The van der Waals surface area contributed by atoms with E-state index in [0.29, 0.717) is 36.3 Å². The maximum absolute atomic E-state index is 13.0. The summed E-state index contributed by atoms with van der Waals surface area (Å²) < 4.78 is 62.1. The van der Waals surface area contributed by atoms with Crippen molar-refractivity contribution >= 4 is 31.6 Å². The molecule has 2 aromatic carbocycles. The minimum absolute atomic E-state index is 0.0214. The van der Waals surface area contributed by atoms with E-state index in [9.17, 15) is 21.9 Å². The summed E-state index contributed by atoms with van der Waals surface area (Å²) >= 11 is 0. The van der Waals surface area contributed by atoms with Crippen LogP contribution < -0.4 is 10.6 Å². The van der Waals surface area contributed by atoms with Crippen LogP contribution in [0.4, 0.5) is 11.4 Å². The second-order valence-corrected chi connectivity index (χ2v) is 12.2. The lowest BCUT2D eigenvalue weighted by molar-refractivity contribution is 0.0788. The van der Waals surface area contributed by atoms with E-state index in [4.69, 9.17) is 8.37 Å². The third-order valence-electron chi connectivity index (χ3n) is 6.03. The molecule has 186 valence electrons. The molecule has 0 fully saturated rings. The number of aliphatic hydroxyl groups is 1. The Hall–Kier alpha value is -2.18. The zero-order valence-corrected chi connectivity index (χ0v) is 20.8. The summed E-state index contributed by atoms with van der Waals surface area (Å²) in [7, 11) is -8.52. The van der Waals surface area contributed by atoms with Gasteiger partial charge in [-0.3, -0.25) is 8.37 Å². The molecule has 0 saturated heterocycles. The molecule has 3 unspecified atom stereocenters. The molecule has 0 aliphatic carbocycles. The van der Waals surface area contributed by atoms with E-state index < -0.39 is 39.6 Å². The van der Waals surface area contributed by atoms with Gasteiger partial charge < -0.3 is 15.7 Å². The van der Waals surface area contributed by atoms with Crippen LogP contribution in [0.1, 0.15) is 25.0 Å². The normalized spacial score (nSPS) is 21.0. The predicted molar refractivity (Wildman–Crippen MR) is 128 cm³/mol. The van der Waals surface area contributed by atoms with Crippen LogP contribution in [0.5, 0.6) is 0 Å². The molecule has 0 spiro atoms. The molecule has 2 aliphatic heterocycles. The van der Waals surface area contributed by atoms with Crippen molar-refractivity contribution in [1.29, 1.82) is 0 Å². The molecule has 0 radical (unpaired) electrons. The zero-order valence-electron chi connectivity index (χ0n) is 19.2. The van der Waals surface area contributed by atoms with E-state index in [2.05, 4.69) is 24.5 Å². The quantitative estimate of drug-likeness (QED) is 0.458. The van der Waals surface area contributed by atoms with Crippen molar-refractivity contribution in [2.45, 2.75) is 42.6 Å². The topological polar surface area (TPSA) is 131 Å². The van der Waals surface area contributed by atoms with E-state index in [-0.39, 0.29) is 9.79 Å². The Morgan fingerprint density at radius 2 is 1.38 bits per heavy atom. The fraction of sp³-hybridized carbons (Fsp3) is 0.478. The van der Waals surface area contributed by atoms with Gasteiger partial charge in [0.1, 0.15) is 15.9 Å². The molecule has 3 N–H and O–H groups in total. The highest BCUT2D eigenvalue weighted by molar-refractivity contribution is 7.87. The Balaban J connectivity index is 1.50. The summed E-state index contributed by atoms with van der Waals surface area (Å²) in [6.07, 6.45) is 0.0660. The van der Waals surface area contributed by atoms with Gasteiger partial charge in [-0.1, -0.05) is 38.1 Å². The minimum atomic E-state index is -4.29. The summed E-state index contributed by atoms with van der Waals surface area (Å²) in [5.74, 6) is 0.724. The van der Waals surface area contributed by atoms with E-state index >= 15 is 0 Å². The molecule has 0 saturated carbocycles. The first kappa shape index (κ1) is 24.9. The number of fused-ring (bicyclic) bond motifs is 2. The minimum Gasteiger partial charge on any atom is -0.394 e. The Kier molecular flexibility index (Phi) is 7.20. The van der Waals surface area contributed by atoms with Crippen molar-refractivity contribution in [3.63, 3.8) is 0 Å². The smallest absolute Gasteiger partial charge is 0.299 e. The van der Waals surface area contributed by atoms with E-state index in [1.165, 1.54) is 12.1 Å². The van der Waals surface area contributed by atoms with Gasteiger partial charge in [-0.05, 0) is 47.9 Å². The molecule has 9 nitrogen and oxygen atoms in total. The van der Waals surface area contributed by atoms with Crippen LogP contribution in [0.15, 0.2) is 46.2 Å². The van der Waals surface area contributed by atoms with E-state index in [1.807, 2.05) is 12.1 Å². The second kappa shape index (κ2) is 9.82. The number of nitrogens with one attached hydrogen (secondary N) is 2. The Morgan fingerprint density at radius 3 is 1.88 bits per heavy atom. The molecule has 2 heterocycles. The Morgan fingerprint density at radius 1 is 0.882 bits per heavy atom. The van der Waals surface area contributed by atoms with Gasteiger partial charge in [-0.2, -0.15) is 16.8 Å². The molecule has 0 amide bonds. The third-order valence-corrected chi connectivity index (χ3v) is 8.76. The second-order valence-electron chi connectivity index (χ2n) is 9.05. The summed E-state index contributed by atoms with van der Waals surface area (Å²) in [6, 6.07) is 9.85. The van der Waals surface area contributed by atoms with Gasteiger partial charge in [0.2, 0.25) is 0 Å². The van der Waals surface area contributed by atoms with Gasteiger partial charge in [0.05, 0.1) is 24.6 Å². The van der Waals surface area contributed by atoms with Crippen LogP contribution in [-0.4, -0.2) is 54.3 Å². The number of anilines is 2. The molecule has 2 aliphatic rings. The van der Waals surface area contributed by atoms with Gasteiger partial charge in [-0.15, -0.1) is 0 Å². The first-order valence-corrected chi connectivity index (χ1v) is 14.1. The molecule has 4 rings (SSSR count). The third kappa shape index (κ3) is 5.23. The van der Waals surface area contributed by atoms with Crippen LogP contribution in [-0.2, 0) is 41.4 Å². The average molecular weight is 511 g/mol. The van der Waals surface area contributed by atoms with Crippen molar-refractivity contribution in [3.05, 3.63) is 47.5 Å². The average Bonchev–Trinajstić information content (AvgIpc) is 2.80. The largest absolute Gasteiger partial charge is 0.394 e. The molecule has 3 atom stereocenters. The zero-order chi connectivity index (χ0) is 24.5. The summed E-state index contributed by atoms with van der Waals surface area (Å²) in [5, 5.41) is 16.0. The number of rotatable bonds is 8. The number of benzene rings is 2. The van der Waals surface area contributed by atoms with Crippen molar-refractivity contribution < 1.29 is 30.3 Å². The van der Waals surface area contributed by atoms with Crippen LogP contribution >= 0.6 is 0 Å². The van der Waals surface area contributed by atoms with E-state index in [0.717, 1.165) is 24.0 Å². The first-order valence-electron chi connectivity index (χ1n) is 11.3. The standard InChI is InChI=1S/C23H30N2O7S2/c1-15-9-17-5-3-7-20(22(17)24-11-15)33(27,28)31-14-19(13-26)32-34(29,30)21-8-4-6-18-10-16(2)12-25-23(18)21/h3-8,15-16,19,24-26H,9-14H2,1-2H3. The summed E-state index contributed by atoms with van der Waals surface area (Å²) in [6.45, 7) is 3.99. The lowest BCUT2D eigenvalue weighted by Gasteiger charge is -2.26. The highest BCUT2D eigenvalue weighted by Gasteiger charge is 2.30. The lowest BCUT2D eigenvalue weighted by atomic mass is 9.96. The molecular weight excluding hydrogens is 480 g/mol. The Labute approximate surface area is 200 Å². The summed E-state index contributed by atoms with van der Waals surface area (Å²) in [5.41, 5.74) is 2.70.